The fourth-order valence-electron chi connectivity index (χ4n) is 1.09. The second-order valence-electron chi connectivity index (χ2n) is 2.95. The lowest BCUT2D eigenvalue weighted by molar-refractivity contribution is -0.384. The van der Waals surface area contributed by atoms with Crippen LogP contribution in [-0.4, -0.2) is 35.7 Å². The molecule has 0 aromatic carbocycles. The Hall–Kier alpha value is -2.84. The highest BCUT2D eigenvalue weighted by atomic mass is 16.6. The molecule has 2 aromatic rings. The fourth-order valence-corrected chi connectivity index (χ4v) is 1.09. The van der Waals surface area contributed by atoms with Crippen LogP contribution in [0.4, 0.5) is 5.69 Å². The van der Waals surface area contributed by atoms with Gasteiger partial charge in [-0.15, -0.1) is 0 Å². The van der Waals surface area contributed by atoms with Gasteiger partial charge in [-0.1, -0.05) is 0 Å². The molecule has 0 radical (unpaired) electrons. The maximum Gasteiger partial charge on any atom is 0.354 e. The van der Waals surface area contributed by atoms with Gasteiger partial charge < -0.3 is 5.11 Å². The molecular weight excluding hydrogens is 230 g/mol. The first kappa shape index (κ1) is 10.7. The first-order valence-corrected chi connectivity index (χ1v) is 4.33. The van der Waals surface area contributed by atoms with Gasteiger partial charge in [0.05, 0.1) is 4.92 Å². The number of aromatic nitrogens is 4. The van der Waals surface area contributed by atoms with Crippen LogP contribution in [0.5, 0.6) is 0 Å². The molecule has 0 amide bonds. The molecule has 0 aliphatic carbocycles. The van der Waals surface area contributed by atoms with Gasteiger partial charge >= 0.3 is 11.7 Å². The van der Waals surface area contributed by atoms with Crippen molar-refractivity contribution in [2.75, 3.05) is 0 Å². The third-order valence-electron chi connectivity index (χ3n) is 1.85. The quantitative estimate of drug-likeness (QED) is 0.597. The molecule has 0 saturated heterocycles. The molecular formula is C8H5N5O4. The van der Waals surface area contributed by atoms with E-state index in [1.807, 2.05) is 0 Å². The average molecular weight is 235 g/mol. The minimum absolute atomic E-state index is 0.0435. The number of rotatable bonds is 3. The number of aromatic carboxylic acids is 1. The minimum Gasteiger partial charge on any atom is -0.477 e. The molecule has 0 saturated carbocycles. The van der Waals surface area contributed by atoms with Crippen LogP contribution in [0, 0.1) is 10.1 Å². The second kappa shape index (κ2) is 3.96. The Balaban J connectivity index is 2.42. The van der Waals surface area contributed by atoms with E-state index in [9.17, 15) is 14.9 Å². The fraction of sp³-hybridized carbons (Fsp3) is 0. The molecule has 2 aromatic heterocycles. The van der Waals surface area contributed by atoms with Gasteiger partial charge in [-0.3, -0.25) is 10.1 Å². The molecule has 0 spiro atoms. The van der Waals surface area contributed by atoms with Crippen molar-refractivity contribution in [1.82, 2.24) is 19.7 Å². The van der Waals surface area contributed by atoms with Crippen LogP contribution in [0.15, 0.2) is 24.7 Å². The minimum atomic E-state index is -1.21. The summed E-state index contributed by atoms with van der Waals surface area (Å²) in [5, 5.41) is 22.8. The van der Waals surface area contributed by atoms with Gasteiger partial charge in [-0.05, 0) is 6.07 Å². The van der Waals surface area contributed by atoms with E-state index in [4.69, 9.17) is 5.11 Å². The van der Waals surface area contributed by atoms with Gasteiger partial charge in [0, 0.05) is 6.20 Å². The summed E-state index contributed by atoms with van der Waals surface area (Å²) in [7, 11) is 0. The Morgan fingerprint density at radius 2 is 2.29 bits per heavy atom. The molecule has 0 unspecified atom stereocenters. The van der Waals surface area contributed by atoms with E-state index >= 15 is 0 Å². The summed E-state index contributed by atoms with van der Waals surface area (Å²) in [5.74, 6) is -1.26. The van der Waals surface area contributed by atoms with E-state index in [-0.39, 0.29) is 17.3 Å². The smallest absolute Gasteiger partial charge is 0.354 e. The standard InChI is InChI=1S/C8H5N5O4/c14-7(15)6-1-2-9-8(11-6)12-4-5(3-10-12)13(16)17/h1-4H,(H,14,15). The number of carboxylic acid groups (broad SMARTS) is 1. The van der Waals surface area contributed by atoms with Crippen LogP contribution in [0.3, 0.4) is 0 Å². The Morgan fingerprint density at radius 1 is 1.53 bits per heavy atom. The lowest BCUT2D eigenvalue weighted by Crippen LogP contribution is -2.07. The maximum absolute atomic E-state index is 10.7. The molecule has 9 nitrogen and oxygen atoms in total. The largest absolute Gasteiger partial charge is 0.477 e. The molecule has 17 heavy (non-hydrogen) atoms. The van der Waals surface area contributed by atoms with Crippen molar-refractivity contribution in [3.63, 3.8) is 0 Å². The summed E-state index contributed by atoms with van der Waals surface area (Å²) in [6, 6.07) is 1.21. The van der Waals surface area contributed by atoms with Gasteiger partial charge in [0.2, 0.25) is 0 Å². The third kappa shape index (κ3) is 2.07. The van der Waals surface area contributed by atoms with Crippen molar-refractivity contribution in [3.8, 4) is 5.95 Å². The summed E-state index contributed by atoms with van der Waals surface area (Å²) in [5.41, 5.74) is -0.442. The van der Waals surface area contributed by atoms with E-state index in [0.29, 0.717) is 0 Å². The molecule has 0 atom stereocenters. The topological polar surface area (TPSA) is 124 Å². The number of hydrogen-bond acceptors (Lipinski definition) is 6. The zero-order chi connectivity index (χ0) is 12.4. The molecule has 2 rings (SSSR count). The SMILES string of the molecule is O=C(O)c1ccnc(-n2cc([N+](=O)[O-])cn2)n1. The average Bonchev–Trinajstić information content (AvgIpc) is 2.78. The van der Waals surface area contributed by atoms with Gasteiger partial charge in [0.15, 0.2) is 5.69 Å². The van der Waals surface area contributed by atoms with Gasteiger partial charge in [-0.2, -0.15) is 9.78 Å². The molecule has 1 N–H and O–H groups in total. The van der Waals surface area contributed by atoms with Crippen LogP contribution >= 0.6 is 0 Å². The molecule has 86 valence electrons. The van der Waals surface area contributed by atoms with Crippen LogP contribution < -0.4 is 0 Å². The van der Waals surface area contributed by atoms with Crippen molar-refractivity contribution < 1.29 is 14.8 Å². The van der Waals surface area contributed by atoms with Gasteiger partial charge in [-0.25, -0.2) is 14.8 Å². The van der Waals surface area contributed by atoms with Crippen LogP contribution in [-0.2, 0) is 0 Å². The Morgan fingerprint density at radius 3 is 2.88 bits per heavy atom. The highest BCUT2D eigenvalue weighted by molar-refractivity contribution is 5.85. The zero-order valence-corrected chi connectivity index (χ0v) is 8.22. The van der Waals surface area contributed by atoms with Crippen LogP contribution in [0.2, 0.25) is 0 Å². The van der Waals surface area contributed by atoms with E-state index in [0.717, 1.165) is 17.1 Å². The molecule has 0 bridgehead atoms. The highest BCUT2D eigenvalue weighted by Gasteiger charge is 2.13. The van der Waals surface area contributed by atoms with Crippen molar-refractivity contribution in [1.29, 1.82) is 0 Å². The summed E-state index contributed by atoms with van der Waals surface area (Å²) >= 11 is 0. The normalized spacial score (nSPS) is 10.1. The molecule has 0 fully saturated rings. The van der Waals surface area contributed by atoms with E-state index < -0.39 is 10.9 Å². The Bertz CT molecular complexity index is 593. The van der Waals surface area contributed by atoms with Gasteiger partial charge in [0.1, 0.15) is 12.4 Å². The second-order valence-corrected chi connectivity index (χ2v) is 2.95. The van der Waals surface area contributed by atoms with Crippen molar-refractivity contribution >= 4 is 11.7 Å². The predicted molar refractivity (Wildman–Crippen MR) is 52.8 cm³/mol. The monoisotopic (exact) mass is 235 g/mol. The first-order valence-electron chi connectivity index (χ1n) is 4.33. The van der Waals surface area contributed by atoms with Crippen molar-refractivity contribution in [2.45, 2.75) is 0 Å². The zero-order valence-electron chi connectivity index (χ0n) is 8.22. The van der Waals surface area contributed by atoms with E-state index in [1.165, 1.54) is 12.3 Å². The number of carbonyl (C=O) groups is 1. The summed E-state index contributed by atoms with van der Waals surface area (Å²) in [6.45, 7) is 0. The van der Waals surface area contributed by atoms with Crippen molar-refractivity contribution in [3.05, 3.63) is 40.5 Å². The maximum atomic E-state index is 10.7. The van der Waals surface area contributed by atoms with Crippen molar-refractivity contribution in [2.24, 2.45) is 0 Å². The summed E-state index contributed by atoms with van der Waals surface area (Å²) in [4.78, 5) is 27.9. The van der Waals surface area contributed by atoms with Crippen LogP contribution in [0.1, 0.15) is 10.5 Å². The van der Waals surface area contributed by atoms with Crippen LogP contribution in [0.25, 0.3) is 5.95 Å². The number of nitrogens with zero attached hydrogens (tertiary/aromatic N) is 5. The Labute approximate surface area is 93.5 Å². The molecule has 9 heteroatoms. The van der Waals surface area contributed by atoms with E-state index in [2.05, 4.69) is 15.1 Å². The lowest BCUT2D eigenvalue weighted by atomic mass is 10.4. The molecule has 0 aliphatic rings. The number of nitro groups is 1. The van der Waals surface area contributed by atoms with E-state index in [1.54, 1.807) is 0 Å². The molecule has 2 heterocycles. The summed E-state index contributed by atoms with van der Waals surface area (Å²) in [6.07, 6.45) is 3.36. The first-order chi connectivity index (χ1) is 8.08. The predicted octanol–water partition coefficient (Wildman–Crippen LogP) is 0.269. The number of hydrogen-bond donors (Lipinski definition) is 1. The molecule has 0 aliphatic heterocycles. The lowest BCUT2D eigenvalue weighted by Gasteiger charge is -1.98. The van der Waals surface area contributed by atoms with Gasteiger partial charge in [0.25, 0.3) is 5.95 Å². The third-order valence-corrected chi connectivity index (χ3v) is 1.85. The summed E-state index contributed by atoms with van der Waals surface area (Å²) < 4.78 is 1.03. The Kier molecular flexibility index (Phi) is 2.49. The number of carboxylic acids is 1. The highest BCUT2D eigenvalue weighted by Crippen LogP contribution is 2.10.